The van der Waals surface area contributed by atoms with Gasteiger partial charge in [0.25, 0.3) is 0 Å². The molecule has 1 aromatic carbocycles. The monoisotopic (exact) mass is 208 g/mol. The quantitative estimate of drug-likeness (QED) is 0.722. The predicted octanol–water partition coefficient (Wildman–Crippen LogP) is 0.888. The van der Waals surface area contributed by atoms with E-state index >= 15 is 0 Å². The van der Waals surface area contributed by atoms with Crippen molar-refractivity contribution in [1.29, 1.82) is 0 Å². The Morgan fingerprint density at radius 3 is 2.47 bits per heavy atom. The molecule has 0 aromatic heterocycles. The lowest BCUT2D eigenvalue weighted by atomic mass is 9.77. The Kier molecular flexibility index (Phi) is 4.18. The van der Waals surface area contributed by atoms with Crippen LogP contribution in [0, 0.1) is 0 Å². The van der Waals surface area contributed by atoms with Crippen molar-refractivity contribution >= 4 is 12.6 Å². The van der Waals surface area contributed by atoms with Gasteiger partial charge in [-0.15, -0.1) is 0 Å². The summed E-state index contributed by atoms with van der Waals surface area (Å²) in [5.74, 6) is 0.898. The third kappa shape index (κ3) is 2.73. The van der Waals surface area contributed by atoms with Gasteiger partial charge in [-0.1, -0.05) is 32.0 Å². The molecule has 0 heterocycles. The average Bonchev–Trinajstić information content (AvgIpc) is 2.17. The van der Waals surface area contributed by atoms with Gasteiger partial charge < -0.3 is 14.8 Å². The second-order valence-corrected chi connectivity index (χ2v) is 3.73. The van der Waals surface area contributed by atoms with E-state index in [9.17, 15) is 10.0 Å². The first kappa shape index (κ1) is 12.1. The van der Waals surface area contributed by atoms with E-state index < -0.39 is 7.12 Å². The molecule has 0 aliphatic carbocycles. The molecule has 1 aromatic rings. The summed E-state index contributed by atoms with van der Waals surface area (Å²) in [6.07, 6.45) is 0. The third-order valence-corrected chi connectivity index (χ3v) is 2.26. The molecule has 0 saturated carbocycles. The molecule has 1 rings (SSSR count). The van der Waals surface area contributed by atoms with Crippen LogP contribution in [0.4, 0.5) is 0 Å². The summed E-state index contributed by atoms with van der Waals surface area (Å²) in [5, 5.41) is 18.4. The van der Waals surface area contributed by atoms with Crippen molar-refractivity contribution in [2.45, 2.75) is 26.7 Å². The van der Waals surface area contributed by atoms with Gasteiger partial charge in [-0.3, -0.25) is 0 Å². The Labute approximate surface area is 90.9 Å². The summed E-state index contributed by atoms with van der Waals surface area (Å²) in [7, 11) is -1.48. The Bertz CT molecular complexity index is 297. The van der Waals surface area contributed by atoms with Gasteiger partial charge in [0.2, 0.25) is 0 Å². The molecule has 0 spiro atoms. The maximum Gasteiger partial charge on any atom is 0.492 e. The largest absolute Gasteiger partial charge is 0.494 e. The van der Waals surface area contributed by atoms with E-state index in [4.69, 9.17) is 4.74 Å². The summed E-state index contributed by atoms with van der Waals surface area (Å²) in [6.45, 7) is 6.49. The zero-order chi connectivity index (χ0) is 11.4. The second kappa shape index (κ2) is 5.19. The van der Waals surface area contributed by atoms with E-state index in [1.165, 1.54) is 0 Å². The van der Waals surface area contributed by atoms with Crippen LogP contribution in [0.25, 0.3) is 0 Å². The summed E-state index contributed by atoms with van der Waals surface area (Å²) in [5.41, 5.74) is 1.44. The van der Waals surface area contributed by atoms with Crippen molar-refractivity contribution in [1.82, 2.24) is 0 Å². The van der Waals surface area contributed by atoms with E-state index in [-0.39, 0.29) is 0 Å². The lowest BCUT2D eigenvalue weighted by Gasteiger charge is -2.16. The maximum atomic E-state index is 9.21. The summed E-state index contributed by atoms with van der Waals surface area (Å²) in [4.78, 5) is 0. The lowest BCUT2D eigenvalue weighted by molar-refractivity contribution is 0.335. The lowest BCUT2D eigenvalue weighted by Crippen LogP contribution is -2.32. The van der Waals surface area contributed by atoms with Gasteiger partial charge in [-0.2, -0.15) is 0 Å². The molecule has 3 nitrogen and oxygen atoms in total. The number of rotatable bonds is 4. The van der Waals surface area contributed by atoms with E-state index in [0.29, 0.717) is 23.7 Å². The van der Waals surface area contributed by atoms with Crippen molar-refractivity contribution in [3.8, 4) is 5.75 Å². The maximum absolute atomic E-state index is 9.21. The fraction of sp³-hybridized carbons (Fsp3) is 0.455. The molecule has 82 valence electrons. The van der Waals surface area contributed by atoms with Gasteiger partial charge in [0.15, 0.2) is 0 Å². The van der Waals surface area contributed by atoms with Gasteiger partial charge >= 0.3 is 7.12 Å². The molecule has 0 bridgehead atoms. The Morgan fingerprint density at radius 1 is 1.33 bits per heavy atom. The minimum Gasteiger partial charge on any atom is -0.494 e. The first-order valence-electron chi connectivity index (χ1n) is 5.19. The number of benzene rings is 1. The average molecular weight is 208 g/mol. The highest BCUT2D eigenvalue weighted by molar-refractivity contribution is 6.59. The highest BCUT2D eigenvalue weighted by atomic mass is 16.5. The van der Waals surface area contributed by atoms with Gasteiger partial charge in [0.05, 0.1) is 6.61 Å². The summed E-state index contributed by atoms with van der Waals surface area (Å²) < 4.78 is 5.47. The first-order valence-corrected chi connectivity index (χ1v) is 5.19. The third-order valence-electron chi connectivity index (χ3n) is 2.26. The first-order chi connectivity index (χ1) is 7.07. The standard InChI is InChI=1S/C11H17BO3/c1-4-15-11-9(8(2)3)6-5-7-10(11)12(13)14/h5-8,13-14H,4H2,1-3H3. The molecule has 2 N–H and O–H groups in total. The zero-order valence-corrected chi connectivity index (χ0v) is 9.40. The smallest absolute Gasteiger partial charge is 0.492 e. The van der Waals surface area contributed by atoms with E-state index in [0.717, 1.165) is 5.56 Å². The normalized spacial score (nSPS) is 10.5. The summed E-state index contributed by atoms with van der Waals surface area (Å²) >= 11 is 0. The van der Waals surface area contributed by atoms with Crippen LogP contribution < -0.4 is 10.2 Å². The SMILES string of the molecule is CCOc1c(B(O)O)cccc1C(C)C. The Balaban J connectivity index is 3.21. The highest BCUT2D eigenvalue weighted by Crippen LogP contribution is 2.24. The molecular formula is C11H17BO3. The van der Waals surface area contributed by atoms with Gasteiger partial charge in [0, 0.05) is 5.46 Å². The van der Waals surface area contributed by atoms with E-state index in [1.54, 1.807) is 6.07 Å². The molecule has 0 fully saturated rings. The van der Waals surface area contributed by atoms with Gasteiger partial charge in [-0.25, -0.2) is 0 Å². The molecule has 15 heavy (non-hydrogen) atoms. The van der Waals surface area contributed by atoms with Gasteiger partial charge in [-0.05, 0) is 18.4 Å². The van der Waals surface area contributed by atoms with E-state index in [1.807, 2.05) is 32.9 Å². The Hall–Kier alpha value is -0.995. The van der Waals surface area contributed by atoms with Crippen LogP contribution in [0.2, 0.25) is 0 Å². The number of hydrogen-bond acceptors (Lipinski definition) is 3. The predicted molar refractivity (Wildman–Crippen MR) is 61.5 cm³/mol. The van der Waals surface area contributed by atoms with Crippen LogP contribution >= 0.6 is 0 Å². The van der Waals surface area contributed by atoms with Crippen molar-refractivity contribution in [2.24, 2.45) is 0 Å². The van der Waals surface area contributed by atoms with Crippen LogP contribution in [0.3, 0.4) is 0 Å². The van der Waals surface area contributed by atoms with Gasteiger partial charge in [0.1, 0.15) is 5.75 Å². The molecular weight excluding hydrogens is 191 g/mol. The number of para-hydroxylation sites is 1. The molecule has 0 saturated heterocycles. The highest BCUT2D eigenvalue weighted by Gasteiger charge is 2.20. The van der Waals surface area contributed by atoms with Crippen LogP contribution in [-0.2, 0) is 0 Å². The zero-order valence-electron chi connectivity index (χ0n) is 9.40. The molecule has 0 aliphatic rings. The van der Waals surface area contributed by atoms with Crippen molar-refractivity contribution in [3.05, 3.63) is 23.8 Å². The van der Waals surface area contributed by atoms with Crippen LogP contribution in [0.15, 0.2) is 18.2 Å². The minimum absolute atomic E-state index is 0.297. The van der Waals surface area contributed by atoms with Crippen molar-refractivity contribution < 1.29 is 14.8 Å². The molecule has 4 heteroatoms. The molecule has 0 unspecified atom stereocenters. The molecule has 0 aliphatic heterocycles. The number of hydrogen-bond donors (Lipinski definition) is 2. The fourth-order valence-electron chi connectivity index (χ4n) is 1.54. The van der Waals surface area contributed by atoms with E-state index in [2.05, 4.69) is 0 Å². The minimum atomic E-state index is -1.48. The molecule has 0 atom stereocenters. The van der Waals surface area contributed by atoms with Crippen LogP contribution in [0.5, 0.6) is 5.75 Å². The molecule has 0 radical (unpaired) electrons. The fourth-order valence-corrected chi connectivity index (χ4v) is 1.54. The summed E-state index contributed by atoms with van der Waals surface area (Å²) in [6, 6.07) is 5.43. The van der Waals surface area contributed by atoms with Crippen molar-refractivity contribution in [2.75, 3.05) is 6.61 Å². The second-order valence-electron chi connectivity index (χ2n) is 3.73. The van der Waals surface area contributed by atoms with Crippen molar-refractivity contribution in [3.63, 3.8) is 0 Å². The number of ether oxygens (including phenoxy) is 1. The van der Waals surface area contributed by atoms with Crippen LogP contribution in [-0.4, -0.2) is 23.8 Å². The molecule has 0 amide bonds. The Morgan fingerprint density at radius 2 is 2.00 bits per heavy atom. The topological polar surface area (TPSA) is 49.7 Å². The van der Waals surface area contributed by atoms with Crippen LogP contribution in [0.1, 0.15) is 32.3 Å².